The third-order valence-corrected chi connectivity index (χ3v) is 4.08. The third-order valence-electron chi connectivity index (χ3n) is 3.77. The van der Waals surface area contributed by atoms with Crippen LogP contribution in [0.1, 0.15) is 49.1 Å². The molecule has 0 amide bonds. The second-order valence-electron chi connectivity index (χ2n) is 5.09. The van der Waals surface area contributed by atoms with E-state index in [2.05, 4.69) is 5.10 Å². The molecule has 0 saturated heterocycles. The molecule has 5 heteroatoms. The van der Waals surface area contributed by atoms with Crippen molar-refractivity contribution in [2.45, 2.75) is 44.2 Å². The topological polar surface area (TPSA) is 51.2 Å². The van der Waals surface area contributed by atoms with Crippen molar-refractivity contribution in [1.29, 1.82) is 0 Å². The van der Waals surface area contributed by atoms with Gasteiger partial charge in [0.15, 0.2) is 5.22 Å². The standard InChI is InChI=1S/C14H17ClN2O2/c15-14-12(6-8-19-14)13(18)9-10-5-7-17(16-10)11-3-1-2-4-11/h5-8,11,13,18H,1-4,9H2. The molecular formula is C14H17ClN2O2. The molecule has 0 aliphatic heterocycles. The fourth-order valence-electron chi connectivity index (χ4n) is 2.71. The van der Waals surface area contributed by atoms with E-state index in [1.54, 1.807) is 6.07 Å². The molecule has 2 aromatic rings. The molecule has 1 atom stereocenters. The second kappa shape index (κ2) is 5.39. The number of rotatable bonds is 4. The van der Waals surface area contributed by atoms with Crippen molar-refractivity contribution >= 4 is 11.6 Å². The molecule has 0 bridgehead atoms. The van der Waals surface area contributed by atoms with E-state index in [4.69, 9.17) is 16.0 Å². The second-order valence-corrected chi connectivity index (χ2v) is 5.44. The summed E-state index contributed by atoms with van der Waals surface area (Å²) in [4.78, 5) is 0. The molecule has 1 aliphatic carbocycles. The summed E-state index contributed by atoms with van der Waals surface area (Å²) >= 11 is 5.86. The highest BCUT2D eigenvalue weighted by atomic mass is 35.5. The predicted octanol–water partition coefficient (Wildman–Crippen LogP) is 3.52. The Labute approximate surface area is 117 Å². The van der Waals surface area contributed by atoms with Crippen LogP contribution < -0.4 is 0 Å². The first kappa shape index (κ1) is 12.8. The molecule has 102 valence electrons. The van der Waals surface area contributed by atoms with Crippen LogP contribution in [-0.4, -0.2) is 14.9 Å². The predicted molar refractivity (Wildman–Crippen MR) is 72.1 cm³/mol. The molecule has 3 rings (SSSR count). The number of hydrogen-bond donors (Lipinski definition) is 1. The fourth-order valence-corrected chi connectivity index (χ4v) is 2.95. The van der Waals surface area contributed by atoms with Gasteiger partial charge in [-0.05, 0) is 36.6 Å². The van der Waals surface area contributed by atoms with Crippen molar-refractivity contribution in [3.63, 3.8) is 0 Å². The van der Waals surface area contributed by atoms with Gasteiger partial charge < -0.3 is 9.52 Å². The van der Waals surface area contributed by atoms with Crippen molar-refractivity contribution in [3.8, 4) is 0 Å². The molecule has 1 N–H and O–H groups in total. The van der Waals surface area contributed by atoms with E-state index in [-0.39, 0.29) is 5.22 Å². The van der Waals surface area contributed by atoms with Gasteiger partial charge in [-0.15, -0.1) is 0 Å². The van der Waals surface area contributed by atoms with Crippen LogP contribution in [0.25, 0.3) is 0 Å². The van der Waals surface area contributed by atoms with Crippen LogP contribution in [-0.2, 0) is 6.42 Å². The van der Waals surface area contributed by atoms with Crippen LogP contribution in [0.3, 0.4) is 0 Å². The van der Waals surface area contributed by atoms with Gasteiger partial charge in [0.05, 0.1) is 24.1 Å². The third kappa shape index (κ3) is 2.69. The molecule has 1 unspecified atom stereocenters. The van der Waals surface area contributed by atoms with Crippen LogP contribution >= 0.6 is 11.6 Å². The van der Waals surface area contributed by atoms with Crippen molar-refractivity contribution in [1.82, 2.24) is 9.78 Å². The van der Waals surface area contributed by atoms with Crippen molar-refractivity contribution in [2.24, 2.45) is 0 Å². The Kier molecular flexibility index (Phi) is 3.62. The number of aliphatic hydroxyl groups is 1. The van der Waals surface area contributed by atoms with Crippen LogP contribution in [0.15, 0.2) is 29.0 Å². The Hall–Kier alpha value is -1.26. The first-order valence-corrected chi connectivity index (χ1v) is 7.07. The maximum atomic E-state index is 10.1. The van der Waals surface area contributed by atoms with E-state index in [0.717, 1.165) is 5.69 Å². The molecule has 0 aromatic carbocycles. The summed E-state index contributed by atoms with van der Waals surface area (Å²) in [7, 11) is 0. The smallest absolute Gasteiger partial charge is 0.198 e. The highest BCUT2D eigenvalue weighted by Gasteiger charge is 2.19. The number of halogens is 1. The van der Waals surface area contributed by atoms with E-state index in [9.17, 15) is 5.11 Å². The molecule has 2 aromatic heterocycles. The lowest BCUT2D eigenvalue weighted by atomic mass is 10.1. The van der Waals surface area contributed by atoms with Crippen LogP contribution in [0.4, 0.5) is 0 Å². The van der Waals surface area contributed by atoms with Gasteiger partial charge in [-0.3, -0.25) is 4.68 Å². The number of hydrogen-bond acceptors (Lipinski definition) is 3. The zero-order valence-electron chi connectivity index (χ0n) is 10.6. The van der Waals surface area contributed by atoms with Gasteiger partial charge in [0.25, 0.3) is 0 Å². The lowest BCUT2D eigenvalue weighted by molar-refractivity contribution is 0.176. The summed E-state index contributed by atoms with van der Waals surface area (Å²) in [6.07, 6.45) is 8.26. The molecular weight excluding hydrogens is 264 g/mol. The molecule has 1 aliphatic rings. The fraction of sp³-hybridized carbons (Fsp3) is 0.500. The quantitative estimate of drug-likeness (QED) is 0.932. The van der Waals surface area contributed by atoms with Gasteiger partial charge in [-0.25, -0.2) is 0 Å². The highest BCUT2D eigenvalue weighted by Crippen LogP contribution is 2.30. The molecule has 0 radical (unpaired) electrons. The van der Waals surface area contributed by atoms with Gasteiger partial charge in [-0.1, -0.05) is 12.8 Å². The monoisotopic (exact) mass is 280 g/mol. The van der Waals surface area contributed by atoms with Crippen molar-refractivity contribution < 1.29 is 9.52 Å². The van der Waals surface area contributed by atoms with E-state index >= 15 is 0 Å². The summed E-state index contributed by atoms with van der Waals surface area (Å²) in [6.45, 7) is 0. The summed E-state index contributed by atoms with van der Waals surface area (Å²) in [5, 5.41) is 14.9. The van der Waals surface area contributed by atoms with Crippen LogP contribution in [0.2, 0.25) is 5.22 Å². The average Bonchev–Trinajstić information content (AvgIpc) is 3.07. The van der Waals surface area contributed by atoms with Crippen LogP contribution in [0, 0.1) is 0 Å². The first-order valence-electron chi connectivity index (χ1n) is 6.69. The number of aromatic nitrogens is 2. The average molecular weight is 281 g/mol. The zero-order chi connectivity index (χ0) is 13.2. The number of nitrogens with zero attached hydrogens (tertiary/aromatic N) is 2. The minimum Gasteiger partial charge on any atom is -0.453 e. The SMILES string of the molecule is OC(Cc1ccn(C2CCCC2)n1)c1ccoc1Cl. The first-order chi connectivity index (χ1) is 9.24. The normalized spacial score (nSPS) is 18.0. The maximum Gasteiger partial charge on any atom is 0.198 e. The van der Waals surface area contributed by atoms with Gasteiger partial charge in [0.1, 0.15) is 0 Å². The molecule has 1 saturated carbocycles. The number of furan rings is 1. The Morgan fingerprint density at radius 3 is 2.89 bits per heavy atom. The highest BCUT2D eigenvalue weighted by molar-refractivity contribution is 6.29. The van der Waals surface area contributed by atoms with E-state index in [1.807, 2.05) is 16.9 Å². The van der Waals surface area contributed by atoms with Gasteiger partial charge in [0.2, 0.25) is 0 Å². The minimum absolute atomic E-state index is 0.253. The van der Waals surface area contributed by atoms with Gasteiger partial charge in [0, 0.05) is 18.2 Å². The summed E-state index contributed by atoms with van der Waals surface area (Å²) in [5.41, 5.74) is 1.51. The largest absolute Gasteiger partial charge is 0.453 e. The van der Waals surface area contributed by atoms with E-state index < -0.39 is 6.10 Å². The maximum absolute atomic E-state index is 10.1. The molecule has 2 heterocycles. The summed E-state index contributed by atoms with van der Waals surface area (Å²) in [6, 6.07) is 4.19. The molecule has 1 fully saturated rings. The van der Waals surface area contributed by atoms with E-state index in [0.29, 0.717) is 18.0 Å². The molecule has 0 spiro atoms. The van der Waals surface area contributed by atoms with Gasteiger partial charge >= 0.3 is 0 Å². The Morgan fingerprint density at radius 2 is 2.21 bits per heavy atom. The summed E-state index contributed by atoms with van der Waals surface area (Å²) < 4.78 is 7.02. The Balaban J connectivity index is 1.68. The van der Waals surface area contributed by atoms with Gasteiger partial charge in [-0.2, -0.15) is 5.10 Å². The zero-order valence-corrected chi connectivity index (χ0v) is 11.4. The Morgan fingerprint density at radius 1 is 1.42 bits per heavy atom. The Bertz CT molecular complexity index is 543. The molecule has 19 heavy (non-hydrogen) atoms. The molecule has 4 nitrogen and oxygen atoms in total. The minimum atomic E-state index is -0.668. The summed E-state index contributed by atoms with van der Waals surface area (Å²) in [5.74, 6) is 0. The van der Waals surface area contributed by atoms with E-state index in [1.165, 1.54) is 31.9 Å². The van der Waals surface area contributed by atoms with Crippen molar-refractivity contribution in [2.75, 3.05) is 0 Å². The number of aliphatic hydroxyl groups excluding tert-OH is 1. The van der Waals surface area contributed by atoms with Crippen molar-refractivity contribution in [3.05, 3.63) is 41.1 Å². The lowest BCUT2D eigenvalue weighted by Crippen LogP contribution is -2.07. The lowest BCUT2D eigenvalue weighted by Gasteiger charge is -2.10. The van der Waals surface area contributed by atoms with Crippen LogP contribution in [0.5, 0.6) is 0 Å².